The van der Waals surface area contributed by atoms with Gasteiger partial charge in [-0.15, -0.1) is 0 Å². The van der Waals surface area contributed by atoms with Crippen LogP contribution in [0.5, 0.6) is 0 Å². The largest absolute Gasteiger partial charge is 0.299 e. The van der Waals surface area contributed by atoms with Crippen molar-refractivity contribution in [2.75, 3.05) is 0 Å². The Hall–Kier alpha value is -2.68. The first-order valence-electron chi connectivity index (χ1n) is 7.07. The van der Waals surface area contributed by atoms with Crippen molar-refractivity contribution in [3.8, 4) is 11.3 Å². The highest BCUT2D eigenvalue weighted by atomic mass is 15.0. The van der Waals surface area contributed by atoms with Crippen molar-refractivity contribution < 1.29 is 4.57 Å². The standard InChI is InChI=1S/C18H16N3/c1-13-7-3-4-8-14(13)18-17-15(10-12-20(18)2)21-11-6-5-9-16(21)19-17/h3-12H,1-2H3/q+1. The van der Waals surface area contributed by atoms with Gasteiger partial charge < -0.3 is 0 Å². The number of aromatic nitrogens is 3. The summed E-state index contributed by atoms with van der Waals surface area (Å²) in [5, 5.41) is 0. The minimum absolute atomic E-state index is 0.980. The highest BCUT2D eigenvalue weighted by Gasteiger charge is 2.20. The molecule has 0 bridgehead atoms. The molecule has 0 radical (unpaired) electrons. The lowest BCUT2D eigenvalue weighted by Crippen LogP contribution is -2.30. The third-order valence-corrected chi connectivity index (χ3v) is 4.00. The highest BCUT2D eigenvalue weighted by Crippen LogP contribution is 2.27. The number of rotatable bonds is 1. The summed E-state index contributed by atoms with van der Waals surface area (Å²) in [7, 11) is 2.07. The molecule has 3 aromatic heterocycles. The Morgan fingerprint density at radius 3 is 2.67 bits per heavy atom. The fourth-order valence-electron chi connectivity index (χ4n) is 2.93. The van der Waals surface area contributed by atoms with E-state index in [1.807, 2.05) is 18.2 Å². The molecule has 0 saturated heterocycles. The Kier molecular flexibility index (Phi) is 2.54. The third kappa shape index (κ3) is 1.74. The van der Waals surface area contributed by atoms with Gasteiger partial charge in [-0.3, -0.25) is 4.40 Å². The summed E-state index contributed by atoms with van der Waals surface area (Å²) in [6.45, 7) is 2.14. The van der Waals surface area contributed by atoms with E-state index in [0.717, 1.165) is 22.4 Å². The number of hydrogen-bond donors (Lipinski definition) is 0. The van der Waals surface area contributed by atoms with Gasteiger partial charge in [-0.05, 0) is 30.7 Å². The van der Waals surface area contributed by atoms with Crippen molar-refractivity contribution in [3.05, 3.63) is 66.5 Å². The van der Waals surface area contributed by atoms with Crippen molar-refractivity contribution in [1.29, 1.82) is 0 Å². The number of imidazole rings is 1. The van der Waals surface area contributed by atoms with Crippen molar-refractivity contribution in [3.63, 3.8) is 0 Å². The minimum Gasteiger partial charge on any atom is -0.299 e. The van der Waals surface area contributed by atoms with Crippen LogP contribution in [-0.2, 0) is 7.05 Å². The van der Waals surface area contributed by atoms with Crippen LogP contribution in [0.15, 0.2) is 60.9 Å². The van der Waals surface area contributed by atoms with Crippen LogP contribution in [-0.4, -0.2) is 9.38 Å². The molecule has 0 unspecified atom stereocenters. The Morgan fingerprint density at radius 1 is 1.00 bits per heavy atom. The predicted molar refractivity (Wildman–Crippen MR) is 84.0 cm³/mol. The number of aryl methyl sites for hydroxylation is 2. The van der Waals surface area contributed by atoms with E-state index in [1.165, 1.54) is 11.1 Å². The van der Waals surface area contributed by atoms with E-state index in [9.17, 15) is 0 Å². The van der Waals surface area contributed by atoms with E-state index in [4.69, 9.17) is 4.98 Å². The summed E-state index contributed by atoms with van der Waals surface area (Å²) in [5.41, 5.74) is 6.82. The van der Waals surface area contributed by atoms with Crippen LogP contribution < -0.4 is 4.57 Å². The van der Waals surface area contributed by atoms with E-state index >= 15 is 0 Å². The van der Waals surface area contributed by atoms with Gasteiger partial charge in [-0.25, -0.2) is 4.98 Å². The molecule has 1 aromatic carbocycles. The summed E-state index contributed by atoms with van der Waals surface area (Å²) in [6, 6.07) is 16.7. The molecule has 102 valence electrons. The summed E-state index contributed by atoms with van der Waals surface area (Å²) in [5.74, 6) is 0. The Balaban J connectivity index is 2.18. The number of pyridine rings is 2. The molecule has 21 heavy (non-hydrogen) atoms. The molecule has 3 heterocycles. The Bertz CT molecular complexity index is 967. The van der Waals surface area contributed by atoms with Gasteiger partial charge in [0.25, 0.3) is 0 Å². The SMILES string of the molecule is Cc1ccccc1-c1c2nc3ccccn3c2cc[n+]1C. The summed E-state index contributed by atoms with van der Waals surface area (Å²) >= 11 is 0. The molecule has 3 heteroatoms. The van der Waals surface area contributed by atoms with Crippen LogP contribution >= 0.6 is 0 Å². The average Bonchev–Trinajstić information content (AvgIpc) is 2.87. The van der Waals surface area contributed by atoms with Crippen LogP contribution in [0.2, 0.25) is 0 Å². The van der Waals surface area contributed by atoms with Crippen LogP contribution in [0.25, 0.3) is 27.9 Å². The van der Waals surface area contributed by atoms with Gasteiger partial charge in [0, 0.05) is 12.3 Å². The van der Waals surface area contributed by atoms with Crippen molar-refractivity contribution in [2.24, 2.45) is 7.05 Å². The zero-order chi connectivity index (χ0) is 14.4. The molecular formula is C18H16N3+. The second kappa shape index (κ2) is 4.42. The first kappa shape index (κ1) is 12.1. The molecular weight excluding hydrogens is 258 g/mol. The fraction of sp³-hybridized carbons (Fsp3) is 0.111. The summed E-state index contributed by atoms with van der Waals surface area (Å²) < 4.78 is 4.29. The third-order valence-electron chi connectivity index (χ3n) is 4.00. The lowest BCUT2D eigenvalue weighted by atomic mass is 10.0. The molecule has 3 nitrogen and oxygen atoms in total. The molecule has 0 aliphatic carbocycles. The van der Waals surface area contributed by atoms with Gasteiger partial charge >= 0.3 is 0 Å². The van der Waals surface area contributed by atoms with Gasteiger partial charge in [0.2, 0.25) is 5.69 Å². The minimum atomic E-state index is 0.980. The first-order valence-corrected chi connectivity index (χ1v) is 7.07. The smallest absolute Gasteiger partial charge is 0.240 e. The summed E-state index contributed by atoms with van der Waals surface area (Å²) in [6.07, 6.45) is 4.16. The van der Waals surface area contributed by atoms with E-state index in [0.29, 0.717) is 0 Å². The Labute approximate surface area is 123 Å². The van der Waals surface area contributed by atoms with E-state index in [1.54, 1.807) is 0 Å². The highest BCUT2D eigenvalue weighted by molar-refractivity contribution is 5.91. The van der Waals surface area contributed by atoms with Gasteiger partial charge in [0.1, 0.15) is 12.7 Å². The normalized spacial score (nSPS) is 11.3. The number of benzene rings is 1. The lowest BCUT2D eigenvalue weighted by Gasteiger charge is -2.04. The lowest BCUT2D eigenvalue weighted by molar-refractivity contribution is -0.659. The zero-order valence-corrected chi connectivity index (χ0v) is 12.1. The second-order valence-corrected chi connectivity index (χ2v) is 5.36. The quantitative estimate of drug-likeness (QED) is 0.488. The molecule has 0 N–H and O–H groups in total. The van der Waals surface area contributed by atoms with Gasteiger partial charge in [0.15, 0.2) is 11.7 Å². The molecule has 0 aliphatic heterocycles. The summed E-state index contributed by atoms with van der Waals surface area (Å²) in [4.78, 5) is 4.84. The topological polar surface area (TPSA) is 21.2 Å². The van der Waals surface area contributed by atoms with Crippen LogP contribution in [0, 0.1) is 6.92 Å². The molecule has 0 atom stereocenters. The van der Waals surface area contributed by atoms with E-state index < -0.39 is 0 Å². The zero-order valence-electron chi connectivity index (χ0n) is 12.1. The predicted octanol–water partition coefficient (Wildman–Crippen LogP) is 3.29. The maximum atomic E-state index is 4.84. The monoisotopic (exact) mass is 274 g/mol. The van der Waals surface area contributed by atoms with Crippen LogP contribution in [0.1, 0.15) is 5.56 Å². The molecule has 0 aliphatic rings. The number of hydrogen-bond acceptors (Lipinski definition) is 1. The van der Waals surface area contributed by atoms with Crippen LogP contribution in [0.4, 0.5) is 0 Å². The van der Waals surface area contributed by atoms with Gasteiger partial charge in [0.05, 0.1) is 11.1 Å². The van der Waals surface area contributed by atoms with E-state index in [-0.39, 0.29) is 0 Å². The maximum absolute atomic E-state index is 4.84. The maximum Gasteiger partial charge on any atom is 0.240 e. The molecule has 0 fully saturated rings. The van der Waals surface area contributed by atoms with Crippen molar-refractivity contribution in [2.45, 2.75) is 6.92 Å². The number of nitrogens with zero attached hydrogens (tertiary/aromatic N) is 3. The van der Waals surface area contributed by atoms with Crippen LogP contribution in [0.3, 0.4) is 0 Å². The second-order valence-electron chi connectivity index (χ2n) is 5.36. The molecule has 0 saturated carbocycles. The van der Waals surface area contributed by atoms with Gasteiger partial charge in [-0.2, -0.15) is 4.57 Å². The van der Waals surface area contributed by atoms with Gasteiger partial charge in [-0.1, -0.05) is 24.3 Å². The first-order chi connectivity index (χ1) is 10.3. The fourth-order valence-corrected chi connectivity index (χ4v) is 2.93. The molecule has 4 rings (SSSR count). The Morgan fingerprint density at radius 2 is 1.81 bits per heavy atom. The molecule has 0 amide bonds. The van der Waals surface area contributed by atoms with E-state index in [2.05, 4.69) is 65.7 Å². The average molecular weight is 274 g/mol. The van der Waals surface area contributed by atoms with Crippen molar-refractivity contribution >= 4 is 16.7 Å². The number of fused-ring (bicyclic) bond motifs is 3. The molecule has 4 aromatic rings. The van der Waals surface area contributed by atoms with Crippen molar-refractivity contribution in [1.82, 2.24) is 9.38 Å². The molecule has 0 spiro atoms.